The van der Waals surface area contributed by atoms with E-state index in [1.54, 1.807) is 25.1 Å². The summed E-state index contributed by atoms with van der Waals surface area (Å²) in [5, 5.41) is 0. The zero-order valence-corrected chi connectivity index (χ0v) is 10.6. The van der Waals surface area contributed by atoms with Gasteiger partial charge in [-0.1, -0.05) is 22.0 Å². The molecule has 0 aromatic heterocycles. The van der Waals surface area contributed by atoms with E-state index < -0.39 is 0 Å². The molecule has 0 radical (unpaired) electrons. The van der Waals surface area contributed by atoms with Crippen molar-refractivity contribution in [3.05, 3.63) is 33.8 Å². The first-order valence-corrected chi connectivity index (χ1v) is 5.29. The Bertz CT molecular complexity index is 441. The summed E-state index contributed by atoms with van der Waals surface area (Å²) in [7, 11) is 3.60. The van der Waals surface area contributed by atoms with Gasteiger partial charge in [-0.15, -0.1) is 0 Å². The van der Waals surface area contributed by atoms with Gasteiger partial charge in [-0.2, -0.15) is 0 Å². The quantitative estimate of drug-likeness (QED) is 0.442. The molecule has 0 aliphatic rings. The Labute approximate surface area is 98.4 Å². The van der Waals surface area contributed by atoms with E-state index in [1.807, 2.05) is 19.1 Å². The molecule has 1 aromatic rings. The number of ketones is 1. The van der Waals surface area contributed by atoms with Gasteiger partial charge in [-0.25, -0.2) is 0 Å². The van der Waals surface area contributed by atoms with Crippen molar-refractivity contribution >= 4 is 21.7 Å². The number of nitrogens with zero attached hydrogens (tertiary/aromatic N) is 1. The standard InChI is InChI=1S/C12H12BrNO/c1-9-4-5-10(13)8-11(9)12(15)6-7-14(2)3/h4-5,8H,1-3H3. The molecule has 0 aliphatic heterocycles. The highest BCUT2D eigenvalue weighted by atomic mass is 79.9. The summed E-state index contributed by atoms with van der Waals surface area (Å²) in [5.74, 6) is 2.43. The van der Waals surface area contributed by atoms with E-state index >= 15 is 0 Å². The molecule has 0 saturated carbocycles. The van der Waals surface area contributed by atoms with Crippen LogP contribution in [0.2, 0.25) is 0 Å². The van der Waals surface area contributed by atoms with Crippen molar-refractivity contribution in [3.63, 3.8) is 0 Å². The highest BCUT2D eigenvalue weighted by Gasteiger charge is 2.06. The fourth-order valence-electron chi connectivity index (χ4n) is 1.07. The maximum atomic E-state index is 11.7. The number of rotatable bonds is 1. The third-order valence-electron chi connectivity index (χ3n) is 1.84. The van der Waals surface area contributed by atoms with E-state index in [0.29, 0.717) is 5.56 Å². The summed E-state index contributed by atoms with van der Waals surface area (Å²) in [6.07, 6.45) is 0. The average Bonchev–Trinajstić information content (AvgIpc) is 2.18. The van der Waals surface area contributed by atoms with E-state index in [-0.39, 0.29) is 5.78 Å². The first kappa shape index (κ1) is 11.8. The summed E-state index contributed by atoms with van der Waals surface area (Å²) < 4.78 is 0.892. The second kappa shape index (κ2) is 4.99. The number of benzene rings is 1. The number of Topliss-reactive ketones (excluding diaryl/α,β-unsaturated/α-hetero) is 1. The molecular formula is C12H12BrNO. The Morgan fingerprint density at radius 2 is 2.07 bits per heavy atom. The maximum absolute atomic E-state index is 11.7. The van der Waals surface area contributed by atoms with E-state index in [2.05, 4.69) is 27.9 Å². The summed E-state index contributed by atoms with van der Waals surface area (Å²) >= 11 is 3.33. The van der Waals surface area contributed by atoms with Gasteiger partial charge in [0.2, 0.25) is 5.78 Å². The zero-order valence-electron chi connectivity index (χ0n) is 8.97. The molecule has 0 heterocycles. The van der Waals surface area contributed by atoms with E-state index in [4.69, 9.17) is 0 Å². The summed E-state index contributed by atoms with van der Waals surface area (Å²) in [6.45, 7) is 1.90. The lowest BCUT2D eigenvalue weighted by molar-refractivity contribution is 0.105. The van der Waals surface area contributed by atoms with Crippen LogP contribution in [-0.2, 0) is 0 Å². The molecule has 0 unspecified atom stereocenters. The maximum Gasteiger partial charge on any atom is 0.237 e. The second-order valence-electron chi connectivity index (χ2n) is 3.42. The molecule has 0 saturated heterocycles. The molecule has 78 valence electrons. The molecule has 2 nitrogen and oxygen atoms in total. The van der Waals surface area contributed by atoms with Crippen LogP contribution in [0.4, 0.5) is 0 Å². The minimum Gasteiger partial charge on any atom is -0.338 e. The van der Waals surface area contributed by atoms with Crippen molar-refractivity contribution in [2.75, 3.05) is 14.1 Å². The predicted octanol–water partition coefficient (Wildman–Crippen LogP) is 2.46. The molecule has 0 atom stereocenters. The molecule has 1 rings (SSSR count). The van der Waals surface area contributed by atoms with Gasteiger partial charge in [-0.3, -0.25) is 4.79 Å². The first-order valence-electron chi connectivity index (χ1n) is 4.50. The van der Waals surface area contributed by atoms with Crippen LogP contribution >= 0.6 is 15.9 Å². The SMILES string of the molecule is Cc1ccc(Br)cc1C(=O)C#CN(C)C. The van der Waals surface area contributed by atoms with Crippen molar-refractivity contribution in [3.8, 4) is 12.0 Å². The van der Waals surface area contributed by atoms with Crippen molar-refractivity contribution in [2.24, 2.45) is 0 Å². The second-order valence-corrected chi connectivity index (χ2v) is 4.34. The van der Waals surface area contributed by atoms with Crippen molar-refractivity contribution in [2.45, 2.75) is 6.92 Å². The third-order valence-corrected chi connectivity index (χ3v) is 2.33. The van der Waals surface area contributed by atoms with Gasteiger partial charge in [0.05, 0.1) is 0 Å². The number of halogens is 1. The molecule has 0 spiro atoms. The van der Waals surface area contributed by atoms with Crippen LogP contribution < -0.4 is 0 Å². The van der Waals surface area contributed by atoms with Crippen LogP contribution in [-0.4, -0.2) is 24.8 Å². The third kappa shape index (κ3) is 3.41. The lowest BCUT2D eigenvalue weighted by atomic mass is 10.1. The van der Waals surface area contributed by atoms with Gasteiger partial charge >= 0.3 is 0 Å². The molecule has 0 N–H and O–H groups in total. The fraction of sp³-hybridized carbons (Fsp3) is 0.250. The lowest BCUT2D eigenvalue weighted by Gasteiger charge is -2.01. The van der Waals surface area contributed by atoms with Crippen LogP contribution in [0, 0.1) is 18.9 Å². The van der Waals surface area contributed by atoms with Crippen LogP contribution in [0.3, 0.4) is 0 Å². The molecule has 0 aliphatic carbocycles. The number of carbonyl (C=O) groups excluding carboxylic acids is 1. The Kier molecular flexibility index (Phi) is 3.93. The van der Waals surface area contributed by atoms with Gasteiger partial charge in [0.15, 0.2) is 0 Å². The number of carbonyl (C=O) groups is 1. The van der Waals surface area contributed by atoms with Crippen LogP contribution in [0.5, 0.6) is 0 Å². The van der Waals surface area contributed by atoms with Crippen LogP contribution in [0.1, 0.15) is 15.9 Å². The molecule has 0 fully saturated rings. The van der Waals surface area contributed by atoms with Gasteiger partial charge in [-0.05, 0) is 30.5 Å². The van der Waals surface area contributed by atoms with Crippen LogP contribution in [0.15, 0.2) is 22.7 Å². The van der Waals surface area contributed by atoms with E-state index in [1.165, 1.54) is 0 Å². The molecule has 15 heavy (non-hydrogen) atoms. The molecule has 0 bridgehead atoms. The number of hydrogen-bond acceptors (Lipinski definition) is 2. The van der Waals surface area contributed by atoms with Gasteiger partial charge in [0.25, 0.3) is 0 Å². The summed E-state index contributed by atoms with van der Waals surface area (Å²) in [4.78, 5) is 13.4. The van der Waals surface area contributed by atoms with Crippen molar-refractivity contribution in [1.82, 2.24) is 4.90 Å². The minimum atomic E-state index is -0.150. The lowest BCUT2D eigenvalue weighted by Crippen LogP contribution is -2.04. The molecule has 0 amide bonds. The first-order chi connectivity index (χ1) is 7.00. The van der Waals surface area contributed by atoms with Crippen molar-refractivity contribution in [1.29, 1.82) is 0 Å². The molecular weight excluding hydrogens is 254 g/mol. The highest BCUT2D eigenvalue weighted by molar-refractivity contribution is 9.10. The van der Waals surface area contributed by atoms with E-state index in [0.717, 1.165) is 10.0 Å². The molecule has 3 heteroatoms. The topological polar surface area (TPSA) is 20.3 Å². The van der Waals surface area contributed by atoms with Crippen molar-refractivity contribution < 1.29 is 4.79 Å². The smallest absolute Gasteiger partial charge is 0.237 e. The average molecular weight is 266 g/mol. The Balaban J connectivity index is 3.03. The zero-order chi connectivity index (χ0) is 11.4. The number of hydrogen-bond donors (Lipinski definition) is 0. The largest absolute Gasteiger partial charge is 0.338 e. The number of aryl methyl sites for hydroxylation is 1. The minimum absolute atomic E-state index is 0.150. The normalized spacial score (nSPS) is 9.07. The predicted molar refractivity (Wildman–Crippen MR) is 64.7 cm³/mol. The monoisotopic (exact) mass is 265 g/mol. The van der Waals surface area contributed by atoms with E-state index in [9.17, 15) is 4.79 Å². The highest BCUT2D eigenvalue weighted by Crippen LogP contribution is 2.16. The van der Waals surface area contributed by atoms with Gasteiger partial charge < -0.3 is 4.90 Å². The fourth-order valence-corrected chi connectivity index (χ4v) is 1.43. The van der Waals surface area contributed by atoms with Crippen LogP contribution in [0.25, 0.3) is 0 Å². The Morgan fingerprint density at radius 3 is 2.67 bits per heavy atom. The summed E-state index contributed by atoms with van der Waals surface area (Å²) in [5.41, 5.74) is 1.59. The Hall–Kier alpha value is -1.27. The molecule has 1 aromatic carbocycles. The van der Waals surface area contributed by atoms with Gasteiger partial charge in [0, 0.05) is 30.2 Å². The van der Waals surface area contributed by atoms with Gasteiger partial charge in [0.1, 0.15) is 0 Å². The Morgan fingerprint density at radius 1 is 1.40 bits per heavy atom. The summed E-state index contributed by atoms with van der Waals surface area (Å²) in [6, 6.07) is 8.31.